The predicted octanol–water partition coefficient (Wildman–Crippen LogP) is 3.40. The Morgan fingerprint density at radius 1 is 1.38 bits per heavy atom. The summed E-state index contributed by atoms with van der Waals surface area (Å²) in [6, 6.07) is 8.07. The Morgan fingerprint density at radius 2 is 2.24 bits per heavy atom. The molecule has 0 saturated carbocycles. The van der Waals surface area contributed by atoms with Crippen LogP contribution >= 0.6 is 0 Å². The molecular weight excluding hydrogens is 372 g/mol. The van der Waals surface area contributed by atoms with Gasteiger partial charge in [0.15, 0.2) is 5.58 Å². The van der Waals surface area contributed by atoms with Gasteiger partial charge in [-0.15, -0.1) is 0 Å². The van der Waals surface area contributed by atoms with Crippen molar-refractivity contribution < 1.29 is 18.5 Å². The molecule has 0 radical (unpaired) electrons. The number of aryl methyl sites for hydroxylation is 1. The lowest BCUT2D eigenvalue weighted by molar-refractivity contribution is -0.131. The van der Waals surface area contributed by atoms with Crippen molar-refractivity contribution in [3.63, 3.8) is 0 Å². The van der Waals surface area contributed by atoms with Crippen LogP contribution in [0.5, 0.6) is 5.75 Å². The van der Waals surface area contributed by atoms with Crippen molar-refractivity contribution in [3.8, 4) is 5.75 Å². The number of carbonyl (C=O) groups excluding carboxylic acids is 1. The highest BCUT2D eigenvalue weighted by atomic mass is 16.5. The first-order valence-corrected chi connectivity index (χ1v) is 9.87. The number of hydrogen-bond acceptors (Lipinski definition) is 7. The van der Waals surface area contributed by atoms with Gasteiger partial charge in [0.25, 0.3) is 6.01 Å². The van der Waals surface area contributed by atoms with Gasteiger partial charge < -0.3 is 23.5 Å². The van der Waals surface area contributed by atoms with E-state index in [9.17, 15) is 4.79 Å². The smallest absolute Gasteiger partial charge is 0.298 e. The second-order valence-electron chi connectivity index (χ2n) is 7.67. The number of piperidine rings is 1. The average molecular weight is 398 g/mol. The van der Waals surface area contributed by atoms with Gasteiger partial charge in [-0.3, -0.25) is 4.79 Å². The molecule has 1 fully saturated rings. The van der Waals surface area contributed by atoms with E-state index in [-0.39, 0.29) is 11.8 Å². The second kappa shape index (κ2) is 8.14. The van der Waals surface area contributed by atoms with E-state index in [1.54, 1.807) is 19.1 Å². The third-order valence-electron chi connectivity index (χ3n) is 5.34. The lowest BCUT2D eigenvalue weighted by atomic mass is 9.94. The maximum atomic E-state index is 12.7. The number of fused-ring (bicyclic) bond motifs is 1. The molecular formula is C21H26N4O4. The normalized spacial score (nSPS) is 16.9. The van der Waals surface area contributed by atoms with Crippen molar-refractivity contribution in [1.29, 1.82) is 0 Å². The van der Waals surface area contributed by atoms with Gasteiger partial charge in [0.1, 0.15) is 22.7 Å². The van der Waals surface area contributed by atoms with E-state index in [2.05, 4.69) is 15.0 Å². The predicted molar refractivity (Wildman–Crippen MR) is 108 cm³/mol. The molecule has 1 aliphatic rings. The topological polar surface area (TPSA) is 84.8 Å². The Labute approximate surface area is 169 Å². The lowest BCUT2D eigenvalue weighted by Gasteiger charge is -2.32. The van der Waals surface area contributed by atoms with Crippen LogP contribution in [0.2, 0.25) is 0 Å². The van der Waals surface area contributed by atoms with Crippen LogP contribution in [-0.4, -0.2) is 48.2 Å². The van der Waals surface area contributed by atoms with Gasteiger partial charge in [0.2, 0.25) is 5.91 Å². The summed E-state index contributed by atoms with van der Waals surface area (Å²) < 4.78 is 16.3. The molecule has 8 heteroatoms. The zero-order valence-electron chi connectivity index (χ0n) is 17.1. The van der Waals surface area contributed by atoms with Gasteiger partial charge in [-0.25, -0.2) is 0 Å². The molecule has 0 bridgehead atoms. The van der Waals surface area contributed by atoms with Gasteiger partial charge in [0, 0.05) is 38.7 Å². The largest absolute Gasteiger partial charge is 0.497 e. The molecule has 1 aliphatic heterocycles. The minimum absolute atomic E-state index is 0.111. The summed E-state index contributed by atoms with van der Waals surface area (Å²) in [5.41, 5.74) is 2.28. The van der Waals surface area contributed by atoms with Crippen molar-refractivity contribution in [2.24, 2.45) is 5.92 Å². The number of nitrogens with zero attached hydrogens (tertiary/aromatic N) is 4. The van der Waals surface area contributed by atoms with E-state index in [1.165, 1.54) is 0 Å². The Hall–Kier alpha value is -3.03. The first-order chi connectivity index (χ1) is 14.0. The van der Waals surface area contributed by atoms with Crippen molar-refractivity contribution in [3.05, 3.63) is 35.7 Å². The summed E-state index contributed by atoms with van der Waals surface area (Å²) in [6.07, 6.45) is 2.53. The molecule has 0 spiro atoms. The van der Waals surface area contributed by atoms with Gasteiger partial charge >= 0.3 is 0 Å². The maximum Gasteiger partial charge on any atom is 0.298 e. The number of rotatable bonds is 6. The number of anilines is 1. The van der Waals surface area contributed by atoms with Crippen LogP contribution in [-0.2, 0) is 11.3 Å². The molecule has 1 saturated heterocycles. The third kappa shape index (κ3) is 4.36. The van der Waals surface area contributed by atoms with E-state index < -0.39 is 0 Å². The lowest BCUT2D eigenvalue weighted by Crippen LogP contribution is -2.38. The highest BCUT2D eigenvalue weighted by Gasteiger charge is 2.26. The first kappa shape index (κ1) is 19.3. The van der Waals surface area contributed by atoms with Gasteiger partial charge in [-0.1, -0.05) is 5.16 Å². The van der Waals surface area contributed by atoms with Crippen LogP contribution in [0.1, 0.15) is 30.7 Å². The minimum Gasteiger partial charge on any atom is -0.497 e. The first-order valence-electron chi connectivity index (χ1n) is 9.87. The summed E-state index contributed by atoms with van der Waals surface area (Å²) in [4.78, 5) is 21.1. The van der Waals surface area contributed by atoms with E-state index in [4.69, 9.17) is 13.7 Å². The zero-order chi connectivity index (χ0) is 20.4. The van der Waals surface area contributed by atoms with Crippen molar-refractivity contribution in [2.75, 3.05) is 32.1 Å². The molecule has 154 valence electrons. The molecule has 3 heterocycles. The zero-order valence-corrected chi connectivity index (χ0v) is 17.1. The fourth-order valence-electron chi connectivity index (χ4n) is 3.79. The van der Waals surface area contributed by atoms with Crippen LogP contribution in [0.3, 0.4) is 0 Å². The average Bonchev–Trinajstić information content (AvgIpc) is 3.33. The van der Waals surface area contributed by atoms with Gasteiger partial charge in [-0.05, 0) is 37.8 Å². The van der Waals surface area contributed by atoms with Crippen LogP contribution < -0.4 is 9.64 Å². The van der Waals surface area contributed by atoms with E-state index in [1.807, 2.05) is 31.2 Å². The Morgan fingerprint density at radius 3 is 3.00 bits per heavy atom. The molecule has 2 aromatic heterocycles. The molecule has 0 aliphatic carbocycles. The van der Waals surface area contributed by atoms with Gasteiger partial charge in [0.05, 0.1) is 13.7 Å². The fraction of sp³-hybridized carbons (Fsp3) is 0.476. The quantitative estimate of drug-likeness (QED) is 0.629. The summed E-state index contributed by atoms with van der Waals surface area (Å²) in [5.74, 6) is 1.88. The number of amides is 1. The number of oxazole rings is 1. The SMILES string of the molecule is COc1ccc2oc(N3CCCC(CC(=O)N(C)Cc4cc(C)on4)C3)nc2c1. The van der Waals surface area contributed by atoms with Crippen LogP contribution in [0.15, 0.2) is 33.2 Å². The van der Waals surface area contributed by atoms with Gasteiger partial charge in [-0.2, -0.15) is 4.98 Å². The standard InChI is InChI=1S/C21H26N4O4/c1-14-9-16(23-29-14)13-24(2)20(26)10-15-5-4-8-25(12-15)21-22-18-11-17(27-3)6-7-19(18)28-21/h6-7,9,11,15H,4-5,8,10,12-13H2,1-3H3. The molecule has 1 aromatic carbocycles. The van der Waals surface area contributed by atoms with Crippen LogP contribution in [0.25, 0.3) is 11.1 Å². The fourth-order valence-corrected chi connectivity index (χ4v) is 3.79. The summed E-state index contributed by atoms with van der Waals surface area (Å²) >= 11 is 0. The van der Waals surface area contributed by atoms with Crippen molar-refractivity contribution in [1.82, 2.24) is 15.0 Å². The number of methoxy groups -OCH3 is 1. The highest BCUT2D eigenvalue weighted by molar-refractivity contribution is 5.77. The number of carbonyl (C=O) groups is 1. The Bertz CT molecular complexity index is 996. The molecule has 29 heavy (non-hydrogen) atoms. The summed E-state index contributed by atoms with van der Waals surface area (Å²) in [6.45, 7) is 3.94. The summed E-state index contributed by atoms with van der Waals surface area (Å²) in [7, 11) is 3.44. The minimum atomic E-state index is 0.111. The van der Waals surface area contributed by atoms with E-state index >= 15 is 0 Å². The molecule has 1 unspecified atom stereocenters. The molecule has 1 atom stereocenters. The maximum absolute atomic E-state index is 12.7. The Kier molecular flexibility index (Phi) is 5.42. The highest BCUT2D eigenvalue weighted by Crippen LogP contribution is 2.29. The monoisotopic (exact) mass is 398 g/mol. The van der Waals surface area contributed by atoms with Crippen molar-refractivity contribution >= 4 is 23.0 Å². The third-order valence-corrected chi connectivity index (χ3v) is 5.34. The van der Waals surface area contributed by atoms with E-state index in [0.717, 1.165) is 54.2 Å². The number of aromatic nitrogens is 2. The van der Waals surface area contributed by atoms with Crippen LogP contribution in [0, 0.1) is 12.8 Å². The Balaban J connectivity index is 1.38. The molecule has 0 N–H and O–H groups in total. The second-order valence-corrected chi connectivity index (χ2v) is 7.67. The van der Waals surface area contributed by atoms with Crippen molar-refractivity contribution in [2.45, 2.75) is 32.7 Å². The van der Waals surface area contributed by atoms with Crippen LogP contribution in [0.4, 0.5) is 6.01 Å². The number of hydrogen-bond donors (Lipinski definition) is 0. The molecule has 3 aromatic rings. The number of ether oxygens (including phenoxy) is 1. The number of benzene rings is 1. The molecule has 1 amide bonds. The van der Waals surface area contributed by atoms with E-state index in [0.29, 0.717) is 19.0 Å². The molecule has 4 rings (SSSR count). The molecule has 8 nitrogen and oxygen atoms in total. The summed E-state index contributed by atoms with van der Waals surface area (Å²) in [5, 5.41) is 3.96.